The summed E-state index contributed by atoms with van der Waals surface area (Å²) in [4.78, 5) is 7.99. The van der Waals surface area contributed by atoms with E-state index >= 15 is 4.39 Å². The van der Waals surface area contributed by atoms with Crippen LogP contribution in [-0.4, -0.2) is 78.5 Å². The van der Waals surface area contributed by atoms with E-state index in [0.717, 1.165) is 32.5 Å². The molecule has 3 saturated heterocycles. The number of nitrogens with zero attached hydrogens (tertiary/aromatic N) is 3. The lowest BCUT2D eigenvalue weighted by atomic mass is 9.62. The molecule has 5 rings (SSSR count). The lowest BCUT2D eigenvalue weighted by Crippen LogP contribution is -2.56. The van der Waals surface area contributed by atoms with Gasteiger partial charge in [-0.3, -0.25) is 30.0 Å². The molecular formula is C24H35F5N6. The van der Waals surface area contributed by atoms with E-state index in [0.29, 0.717) is 37.0 Å². The monoisotopic (exact) mass is 502 g/mol. The van der Waals surface area contributed by atoms with Gasteiger partial charge in [0.25, 0.3) is 0 Å². The van der Waals surface area contributed by atoms with Gasteiger partial charge in [-0.2, -0.15) is 13.2 Å². The molecule has 4 heterocycles. The predicted octanol–water partition coefficient (Wildman–Crippen LogP) is 3.49. The fourth-order valence-corrected chi connectivity index (χ4v) is 6.92. The van der Waals surface area contributed by atoms with Gasteiger partial charge in [-0.05, 0) is 50.4 Å². The lowest BCUT2D eigenvalue weighted by molar-refractivity contribution is -0.173. The molecule has 0 amide bonds. The second kappa shape index (κ2) is 10.1. The van der Waals surface area contributed by atoms with E-state index in [1.54, 1.807) is 6.20 Å². The van der Waals surface area contributed by atoms with Crippen LogP contribution in [0.1, 0.15) is 44.3 Å². The number of hydrazine groups is 1. The molecule has 6 nitrogen and oxygen atoms in total. The normalized spacial score (nSPS) is 34.3. The van der Waals surface area contributed by atoms with Crippen molar-refractivity contribution in [2.75, 3.05) is 44.7 Å². The van der Waals surface area contributed by atoms with Crippen LogP contribution in [0.4, 0.5) is 27.6 Å². The summed E-state index contributed by atoms with van der Waals surface area (Å²) in [7, 11) is 0. The molecule has 11 heteroatoms. The highest BCUT2D eigenvalue weighted by atomic mass is 19.4. The van der Waals surface area contributed by atoms with Crippen molar-refractivity contribution < 1.29 is 22.0 Å². The summed E-state index contributed by atoms with van der Waals surface area (Å²) in [5.41, 5.74) is 7.17. The van der Waals surface area contributed by atoms with E-state index in [4.69, 9.17) is 0 Å². The van der Waals surface area contributed by atoms with Crippen LogP contribution in [0.3, 0.4) is 0 Å². The SMILES string of the molecule is C[C@@H]1CC2C3CNNC3CCC2[C@@H](c2ncc(NC3CN(CCCF)C3)cc2F)N1CC(F)(F)F. The minimum absolute atomic E-state index is 0.0759. The average Bonchev–Trinajstić information content (AvgIpc) is 3.25. The van der Waals surface area contributed by atoms with Crippen LogP contribution in [0.2, 0.25) is 0 Å². The van der Waals surface area contributed by atoms with Gasteiger partial charge in [0.15, 0.2) is 0 Å². The number of piperidine rings is 1. The largest absolute Gasteiger partial charge is 0.401 e. The number of fused-ring (bicyclic) bond motifs is 3. The number of pyridine rings is 1. The van der Waals surface area contributed by atoms with Gasteiger partial charge < -0.3 is 5.32 Å². The van der Waals surface area contributed by atoms with E-state index < -0.39 is 24.6 Å². The van der Waals surface area contributed by atoms with Crippen LogP contribution in [0.5, 0.6) is 0 Å². The number of nitrogens with one attached hydrogen (secondary N) is 3. The second-order valence-corrected chi connectivity index (χ2v) is 10.8. The van der Waals surface area contributed by atoms with E-state index in [1.807, 2.05) is 6.92 Å². The summed E-state index contributed by atoms with van der Waals surface area (Å²) in [6.07, 6.45) is -0.0584. The molecule has 1 saturated carbocycles. The zero-order valence-corrected chi connectivity index (χ0v) is 20.0. The molecule has 1 aliphatic carbocycles. The first-order valence-electron chi connectivity index (χ1n) is 12.7. The van der Waals surface area contributed by atoms with Gasteiger partial charge in [-0.25, -0.2) is 4.39 Å². The maximum absolute atomic E-state index is 15.5. The minimum atomic E-state index is -4.37. The molecule has 196 valence electrons. The van der Waals surface area contributed by atoms with E-state index in [9.17, 15) is 17.6 Å². The Morgan fingerprint density at radius 2 is 1.97 bits per heavy atom. The summed E-state index contributed by atoms with van der Waals surface area (Å²) in [6.45, 7) is 3.40. The number of rotatable bonds is 7. The van der Waals surface area contributed by atoms with Crippen molar-refractivity contribution in [3.8, 4) is 0 Å². The Morgan fingerprint density at radius 1 is 1.17 bits per heavy atom. The van der Waals surface area contributed by atoms with Crippen molar-refractivity contribution in [1.82, 2.24) is 25.6 Å². The smallest absolute Gasteiger partial charge is 0.378 e. The quantitative estimate of drug-likeness (QED) is 0.497. The third-order valence-electron chi connectivity index (χ3n) is 8.44. The molecule has 0 aromatic carbocycles. The van der Waals surface area contributed by atoms with E-state index in [2.05, 4.69) is 26.1 Å². The Morgan fingerprint density at radius 3 is 2.69 bits per heavy atom. The van der Waals surface area contributed by atoms with Crippen LogP contribution < -0.4 is 16.2 Å². The Kier molecular flexibility index (Phi) is 7.22. The van der Waals surface area contributed by atoms with Crippen molar-refractivity contribution in [1.29, 1.82) is 0 Å². The summed E-state index contributed by atoms with van der Waals surface area (Å²) in [5, 5.41) is 3.25. The molecule has 3 N–H and O–H groups in total. The van der Waals surface area contributed by atoms with Gasteiger partial charge in [0, 0.05) is 44.3 Å². The summed E-state index contributed by atoms with van der Waals surface area (Å²) in [5.74, 6) is -0.0915. The predicted molar refractivity (Wildman–Crippen MR) is 123 cm³/mol. The molecule has 35 heavy (non-hydrogen) atoms. The first kappa shape index (κ1) is 25.1. The molecule has 4 aliphatic rings. The number of anilines is 1. The van der Waals surface area contributed by atoms with Crippen LogP contribution in [0.25, 0.3) is 0 Å². The highest BCUT2D eigenvalue weighted by Crippen LogP contribution is 2.52. The van der Waals surface area contributed by atoms with Crippen LogP contribution in [0, 0.1) is 23.6 Å². The van der Waals surface area contributed by atoms with Gasteiger partial charge in [-0.1, -0.05) is 0 Å². The highest BCUT2D eigenvalue weighted by molar-refractivity contribution is 5.44. The number of halogens is 5. The topological polar surface area (TPSA) is 55.5 Å². The van der Waals surface area contributed by atoms with Crippen LogP contribution in [0.15, 0.2) is 12.3 Å². The van der Waals surface area contributed by atoms with Crippen molar-refractivity contribution >= 4 is 5.69 Å². The van der Waals surface area contributed by atoms with E-state index in [-0.39, 0.29) is 36.3 Å². The summed E-state index contributed by atoms with van der Waals surface area (Å²) < 4.78 is 68.6. The standard InChI is InChI=1S/C24H35F5N6/c1-14-7-18-17(3-4-21-19(18)10-31-33-21)23(35(14)13-24(27,28)29)22-20(26)8-15(9-30-22)32-16-11-34(12-16)6-2-5-25/h8-9,14,16-19,21,23,31-33H,2-7,10-13H2,1H3/t14-,17?,18?,19?,21?,23+/m1/s1. The first-order chi connectivity index (χ1) is 16.7. The lowest BCUT2D eigenvalue weighted by Gasteiger charge is -2.53. The molecule has 1 aromatic rings. The van der Waals surface area contributed by atoms with Crippen LogP contribution in [-0.2, 0) is 0 Å². The minimum Gasteiger partial charge on any atom is -0.378 e. The Hall–Kier alpha value is -1.56. The molecule has 1 aromatic heterocycles. The van der Waals surface area contributed by atoms with Crippen molar-refractivity contribution in [2.24, 2.45) is 17.8 Å². The molecular weight excluding hydrogens is 467 g/mol. The summed E-state index contributed by atoms with van der Waals surface area (Å²) in [6, 6.07) is 0.777. The fraction of sp³-hybridized carbons (Fsp3) is 0.792. The Labute approximate surface area is 203 Å². The number of hydrogen-bond donors (Lipinski definition) is 3. The molecule has 0 radical (unpaired) electrons. The number of aromatic nitrogens is 1. The van der Waals surface area contributed by atoms with Gasteiger partial charge in [0.05, 0.1) is 42.9 Å². The third-order valence-corrected chi connectivity index (χ3v) is 8.44. The third kappa shape index (κ3) is 5.28. The average molecular weight is 503 g/mol. The zero-order chi connectivity index (χ0) is 24.7. The summed E-state index contributed by atoms with van der Waals surface area (Å²) >= 11 is 0. The van der Waals surface area contributed by atoms with Crippen LogP contribution >= 0.6 is 0 Å². The van der Waals surface area contributed by atoms with E-state index in [1.165, 1.54) is 11.0 Å². The van der Waals surface area contributed by atoms with Gasteiger partial charge in [-0.15, -0.1) is 0 Å². The molecule has 6 atom stereocenters. The Bertz CT molecular complexity index is 878. The molecule has 4 unspecified atom stereocenters. The second-order valence-electron chi connectivity index (χ2n) is 10.8. The number of alkyl halides is 4. The molecule has 0 spiro atoms. The van der Waals surface area contributed by atoms with Crippen molar-refractivity contribution in [3.63, 3.8) is 0 Å². The number of hydrogen-bond acceptors (Lipinski definition) is 6. The number of likely N-dealkylation sites (tertiary alicyclic amines) is 2. The highest BCUT2D eigenvalue weighted by Gasteiger charge is 2.53. The first-order valence-corrected chi connectivity index (χ1v) is 12.7. The van der Waals surface area contributed by atoms with Crippen molar-refractivity contribution in [2.45, 2.75) is 63.0 Å². The molecule has 4 fully saturated rings. The molecule has 0 bridgehead atoms. The van der Waals surface area contributed by atoms with Gasteiger partial charge >= 0.3 is 6.18 Å². The maximum atomic E-state index is 15.5. The van der Waals surface area contributed by atoms with Gasteiger partial charge in [0.2, 0.25) is 0 Å². The van der Waals surface area contributed by atoms with Gasteiger partial charge in [0.1, 0.15) is 5.82 Å². The maximum Gasteiger partial charge on any atom is 0.401 e. The zero-order valence-electron chi connectivity index (χ0n) is 20.0. The fourth-order valence-electron chi connectivity index (χ4n) is 6.92. The Balaban J connectivity index is 1.36. The van der Waals surface area contributed by atoms with Crippen molar-refractivity contribution in [3.05, 3.63) is 23.8 Å². The molecule has 3 aliphatic heterocycles.